The van der Waals surface area contributed by atoms with Gasteiger partial charge in [-0.2, -0.15) is 0 Å². The number of rotatable bonds is 5. The van der Waals surface area contributed by atoms with Gasteiger partial charge >= 0.3 is 0 Å². The van der Waals surface area contributed by atoms with Crippen molar-refractivity contribution in [3.05, 3.63) is 88.5 Å². The number of fused-ring (bicyclic) bond motifs is 6. The van der Waals surface area contributed by atoms with E-state index in [-0.39, 0.29) is 30.7 Å². The zero-order chi connectivity index (χ0) is 25.7. The lowest BCUT2D eigenvalue weighted by Gasteiger charge is -2.41. The third-order valence-corrected chi connectivity index (χ3v) is 7.52. The molecule has 0 N–H and O–H groups in total. The lowest BCUT2D eigenvalue weighted by molar-refractivity contribution is -0.132. The van der Waals surface area contributed by atoms with Gasteiger partial charge in [-0.3, -0.25) is 19.3 Å². The number of benzene rings is 3. The number of para-hydroxylation sites is 1. The Balaban J connectivity index is 1.24. The summed E-state index contributed by atoms with van der Waals surface area (Å²) in [6.07, 6.45) is 0.324. The van der Waals surface area contributed by atoms with Crippen LogP contribution in [0.5, 0.6) is 11.5 Å². The molecule has 1 atom stereocenters. The lowest BCUT2D eigenvalue weighted by atomic mass is 9.98. The van der Waals surface area contributed by atoms with E-state index in [0.717, 1.165) is 23.1 Å². The van der Waals surface area contributed by atoms with Crippen LogP contribution in [0.4, 0.5) is 5.69 Å². The normalized spacial score (nSPS) is 17.7. The van der Waals surface area contributed by atoms with E-state index in [4.69, 9.17) is 9.47 Å². The Labute approximate surface area is 215 Å². The maximum absolute atomic E-state index is 13.6. The zero-order valence-electron chi connectivity index (χ0n) is 20.8. The molecule has 8 nitrogen and oxygen atoms in total. The van der Waals surface area contributed by atoms with E-state index in [9.17, 15) is 14.4 Å². The second kappa shape index (κ2) is 8.96. The molecule has 0 fully saturated rings. The second-order valence-electron chi connectivity index (χ2n) is 9.44. The van der Waals surface area contributed by atoms with Crippen molar-refractivity contribution in [1.29, 1.82) is 0 Å². The quantitative estimate of drug-likeness (QED) is 0.536. The fraction of sp³-hybridized carbons (Fsp3) is 0.276. The average molecular weight is 498 g/mol. The number of nitrogens with zero attached hydrogens (tertiary/aromatic N) is 3. The Bertz CT molecular complexity index is 1430. The molecule has 0 aromatic heterocycles. The number of hydrogen-bond donors (Lipinski definition) is 0. The van der Waals surface area contributed by atoms with Crippen molar-refractivity contribution < 1.29 is 23.9 Å². The van der Waals surface area contributed by atoms with Gasteiger partial charge in [0.25, 0.3) is 11.8 Å². The lowest BCUT2D eigenvalue weighted by Crippen LogP contribution is -2.49. The molecule has 3 aromatic rings. The van der Waals surface area contributed by atoms with Gasteiger partial charge in [0.05, 0.1) is 25.5 Å². The molecule has 0 aliphatic carbocycles. The first-order valence-corrected chi connectivity index (χ1v) is 12.4. The molecule has 0 bridgehead atoms. The molecule has 0 unspecified atom stereocenters. The largest absolute Gasteiger partial charge is 0.493 e. The van der Waals surface area contributed by atoms with E-state index >= 15 is 0 Å². The first kappa shape index (κ1) is 23.1. The topological polar surface area (TPSA) is 79.4 Å². The summed E-state index contributed by atoms with van der Waals surface area (Å²) in [6, 6.07) is 18.5. The summed E-state index contributed by atoms with van der Waals surface area (Å²) in [5.41, 5.74) is 4.63. The fourth-order valence-corrected chi connectivity index (χ4v) is 5.67. The van der Waals surface area contributed by atoms with Crippen LogP contribution in [0.3, 0.4) is 0 Å². The molecule has 0 saturated heterocycles. The zero-order valence-corrected chi connectivity index (χ0v) is 20.8. The second-order valence-corrected chi connectivity index (χ2v) is 9.44. The minimum absolute atomic E-state index is 0.0312. The van der Waals surface area contributed by atoms with Crippen molar-refractivity contribution in [2.45, 2.75) is 25.6 Å². The molecule has 0 spiro atoms. The smallest absolute Gasteiger partial charge is 0.260 e. The van der Waals surface area contributed by atoms with E-state index in [1.165, 1.54) is 0 Å². The summed E-state index contributed by atoms with van der Waals surface area (Å²) in [5, 5.41) is 0. The molecule has 188 valence electrons. The van der Waals surface area contributed by atoms with E-state index in [1.807, 2.05) is 41.3 Å². The first-order chi connectivity index (χ1) is 18.0. The molecule has 0 saturated carbocycles. The molecule has 3 heterocycles. The van der Waals surface area contributed by atoms with Crippen LogP contribution in [-0.4, -0.2) is 54.8 Å². The summed E-state index contributed by atoms with van der Waals surface area (Å²) in [4.78, 5) is 45.4. The Hall–Kier alpha value is -4.33. The van der Waals surface area contributed by atoms with Crippen LogP contribution in [0.15, 0.2) is 60.7 Å². The predicted octanol–water partition coefficient (Wildman–Crippen LogP) is 3.79. The highest BCUT2D eigenvalue weighted by atomic mass is 16.5. The molecule has 6 rings (SSSR count). The molecule has 37 heavy (non-hydrogen) atoms. The number of carbonyl (C=O) groups excluding carboxylic acids is 3. The van der Waals surface area contributed by atoms with Crippen molar-refractivity contribution in [1.82, 2.24) is 9.80 Å². The van der Waals surface area contributed by atoms with Gasteiger partial charge in [0.2, 0.25) is 5.91 Å². The van der Waals surface area contributed by atoms with Gasteiger partial charge in [-0.25, -0.2) is 0 Å². The summed E-state index contributed by atoms with van der Waals surface area (Å²) in [6.45, 7) is 1.28. The van der Waals surface area contributed by atoms with E-state index in [0.29, 0.717) is 41.4 Å². The van der Waals surface area contributed by atoms with Crippen LogP contribution in [0, 0.1) is 0 Å². The van der Waals surface area contributed by atoms with E-state index < -0.39 is 6.17 Å². The first-order valence-electron chi connectivity index (χ1n) is 12.4. The monoisotopic (exact) mass is 497 g/mol. The number of amides is 3. The van der Waals surface area contributed by atoms with Crippen LogP contribution < -0.4 is 14.4 Å². The van der Waals surface area contributed by atoms with Crippen molar-refractivity contribution in [2.24, 2.45) is 0 Å². The SMILES string of the molecule is COc1cc2c(cc1OC)CN(C(=O)CCN1C(=O)c3ccccc3N3C(=O)c4ccccc4[C@H]13)CC2. The molecule has 3 aliphatic rings. The van der Waals surface area contributed by atoms with Crippen LogP contribution in [0.2, 0.25) is 0 Å². The van der Waals surface area contributed by atoms with Crippen molar-refractivity contribution in [3.8, 4) is 11.5 Å². The van der Waals surface area contributed by atoms with Gasteiger partial charge in [0.15, 0.2) is 11.5 Å². The fourth-order valence-electron chi connectivity index (χ4n) is 5.67. The van der Waals surface area contributed by atoms with Crippen LogP contribution >= 0.6 is 0 Å². The van der Waals surface area contributed by atoms with Crippen molar-refractivity contribution in [2.75, 3.05) is 32.2 Å². The minimum atomic E-state index is -0.558. The number of ether oxygens (including phenoxy) is 2. The van der Waals surface area contributed by atoms with Crippen LogP contribution in [0.25, 0.3) is 0 Å². The number of methoxy groups -OCH3 is 2. The van der Waals surface area contributed by atoms with Gasteiger partial charge < -0.3 is 19.3 Å². The minimum Gasteiger partial charge on any atom is -0.493 e. The summed E-state index contributed by atoms with van der Waals surface area (Å²) in [5.74, 6) is 0.985. The third kappa shape index (κ3) is 3.63. The van der Waals surface area contributed by atoms with Crippen molar-refractivity contribution >= 4 is 23.4 Å². The molecule has 3 aromatic carbocycles. The number of carbonyl (C=O) groups is 3. The summed E-state index contributed by atoms with van der Waals surface area (Å²) < 4.78 is 10.9. The van der Waals surface area contributed by atoms with Crippen molar-refractivity contribution in [3.63, 3.8) is 0 Å². The average Bonchev–Trinajstić information content (AvgIpc) is 3.24. The molecule has 8 heteroatoms. The van der Waals surface area contributed by atoms with Gasteiger partial charge in [-0.15, -0.1) is 0 Å². The molecule has 3 amide bonds. The highest BCUT2D eigenvalue weighted by Gasteiger charge is 2.47. The van der Waals surface area contributed by atoms with Gasteiger partial charge in [-0.1, -0.05) is 30.3 Å². The Kier molecular flexibility index (Phi) is 5.59. The predicted molar refractivity (Wildman–Crippen MR) is 137 cm³/mol. The standard InChI is InChI=1S/C29H27N3O5/c1-36-24-15-18-11-13-30(17-19(18)16-25(24)37-2)26(33)12-14-31-27-20-7-3-4-8-21(20)29(35)32(27)23-10-6-5-9-22(23)28(31)34/h3-10,15-16,27H,11-14,17H2,1-2H3/t27-/m1/s1. The highest BCUT2D eigenvalue weighted by molar-refractivity contribution is 6.16. The van der Waals surface area contributed by atoms with Gasteiger partial charge in [0, 0.05) is 37.2 Å². The third-order valence-electron chi connectivity index (χ3n) is 7.52. The van der Waals surface area contributed by atoms with E-state index in [2.05, 4.69) is 0 Å². The molecular weight excluding hydrogens is 470 g/mol. The summed E-state index contributed by atoms with van der Waals surface area (Å²) in [7, 11) is 3.21. The van der Waals surface area contributed by atoms with Crippen LogP contribution in [-0.2, 0) is 17.8 Å². The number of hydrogen-bond acceptors (Lipinski definition) is 5. The molecule has 3 aliphatic heterocycles. The number of anilines is 1. The molecular formula is C29H27N3O5. The maximum atomic E-state index is 13.6. The molecule has 0 radical (unpaired) electrons. The maximum Gasteiger partial charge on any atom is 0.260 e. The highest BCUT2D eigenvalue weighted by Crippen LogP contribution is 2.45. The Morgan fingerprint density at radius 3 is 2.32 bits per heavy atom. The Morgan fingerprint density at radius 2 is 1.57 bits per heavy atom. The van der Waals surface area contributed by atoms with Crippen LogP contribution in [0.1, 0.15) is 50.0 Å². The van der Waals surface area contributed by atoms with Gasteiger partial charge in [0.1, 0.15) is 6.17 Å². The van der Waals surface area contributed by atoms with E-state index in [1.54, 1.807) is 48.3 Å². The Morgan fingerprint density at radius 1 is 0.892 bits per heavy atom. The summed E-state index contributed by atoms with van der Waals surface area (Å²) >= 11 is 0. The van der Waals surface area contributed by atoms with Gasteiger partial charge in [-0.05, 0) is 47.9 Å².